The number of benzene rings is 1. The minimum Gasteiger partial charge on any atom is -0.496 e. The molecular weight excluding hydrogens is 388 g/mol. The van der Waals surface area contributed by atoms with Crippen molar-refractivity contribution in [3.8, 4) is 5.75 Å². The van der Waals surface area contributed by atoms with Crippen LogP contribution in [-0.4, -0.2) is 30.6 Å². The Kier molecular flexibility index (Phi) is 5.80. The highest BCUT2D eigenvalue weighted by Gasteiger charge is 2.52. The van der Waals surface area contributed by atoms with Crippen LogP contribution in [0.2, 0.25) is 0 Å². The molecule has 1 fully saturated rings. The van der Waals surface area contributed by atoms with Crippen LogP contribution in [0.3, 0.4) is 0 Å². The zero-order valence-electron chi connectivity index (χ0n) is 18.4. The number of fused-ring (bicyclic) bond motifs is 1. The monoisotopic (exact) mass is 416 g/mol. The molecule has 0 saturated carbocycles. The fourth-order valence-electron chi connectivity index (χ4n) is 3.72. The largest absolute Gasteiger partial charge is 0.496 e. The summed E-state index contributed by atoms with van der Waals surface area (Å²) in [6.07, 6.45) is 0.255. The van der Waals surface area contributed by atoms with Gasteiger partial charge in [0.05, 0.1) is 12.7 Å². The lowest BCUT2D eigenvalue weighted by atomic mass is 9.91. The summed E-state index contributed by atoms with van der Waals surface area (Å²) in [5.74, 6) is -0.907. The van der Waals surface area contributed by atoms with Crippen molar-refractivity contribution in [1.29, 1.82) is 0 Å². The molecule has 3 rings (SSSR count). The summed E-state index contributed by atoms with van der Waals surface area (Å²) < 4.78 is 29.0. The lowest BCUT2D eigenvalue weighted by molar-refractivity contribution is -0.171. The summed E-state index contributed by atoms with van der Waals surface area (Å²) in [4.78, 5) is 24.3. The van der Waals surface area contributed by atoms with E-state index in [0.29, 0.717) is 27.9 Å². The van der Waals surface area contributed by atoms with E-state index >= 15 is 0 Å². The first kappa shape index (κ1) is 22.1. The molecule has 0 bridgehead atoms. The average molecular weight is 416 g/mol. The van der Waals surface area contributed by atoms with Crippen LogP contribution in [0.15, 0.2) is 45.1 Å². The topological polar surface area (TPSA) is 84.2 Å². The Morgan fingerprint density at radius 1 is 1.20 bits per heavy atom. The average Bonchev–Trinajstić information content (AvgIpc) is 2.90. The number of carbonyl (C=O) groups is 1. The molecule has 162 valence electrons. The molecule has 2 aromatic rings. The van der Waals surface area contributed by atoms with E-state index in [2.05, 4.69) is 0 Å². The fraction of sp³-hybridized carbons (Fsp3) is 0.478. The van der Waals surface area contributed by atoms with Gasteiger partial charge >= 0.3 is 11.6 Å². The predicted octanol–water partition coefficient (Wildman–Crippen LogP) is 4.28. The second kappa shape index (κ2) is 7.89. The summed E-state index contributed by atoms with van der Waals surface area (Å²) in [5, 5.41) is 0.671. The Morgan fingerprint density at radius 3 is 2.47 bits per heavy atom. The fourth-order valence-corrected chi connectivity index (χ4v) is 3.72. The Morgan fingerprint density at radius 2 is 1.90 bits per heavy atom. The summed E-state index contributed by atoms with van der Waals surface area (Å²) in [5.41, 5.74) is 0.235. The van der Waals surface area contributed by atoms with Crippen molar-refractivity contribution in [1.82, 2.24) is 0 Å². The molecule has 0 radical (unpaired) electrons. The maximum Gasteiger partial charge on any atom is 0.336 e. The van der Waals surface area contributed by atoms with Crippen molar-refractivity contribution >= 4 is 16.9 Å². The van der Waals surface area contributed by atoms with E-state index in [1.807, 2.05) is 27.7 Å². The quantitative estimate of drug-likeness (QED) is 0.408. The van der Waals surface area contributed by atoms with Gasteiger partial charge in [0.1, 0.15) is 17.4 Å². The van der Waals surface area contributed by atoms with E-state index in [4.69, 9.17) is 23.4 Å². The molecule has 7 nitrogen and oxygen atoms in total. The third kappa shape index (κ3) is 4.27. The Balaban J connectivity index is 2.18. The van der Waals surface area contributed by atoms with Crippen molar-refractivity contribution in [2.75, 3.05) is 7.11 Å². The van der Waals surface area contributed by atoms with Crippen LogP contribution in [0, 0.1) is 0 Å². The Labute approximate surface area is 175 Å². The highest BCUT2D eigenvalue weighted by Crippen LogP contribution is 2.46. The first-order chi connectivity index (χ1) is 14.0. The summed E-state index contributed by atoms with van der Waals surface area (Å²) in [6, 6.07) is 6.39. The molecule has 0 spiro atoms. The maximum atomic E-state index is 12.7. The molecule has 0 aliphatic carbocycles. The number of methoxy groups -OCH3 is 1. The van der Waals surface area contributed by atoms with Gasteiger partial charge in [-0.2, -0.15) is 0 Å². The lowest BCUT2D eigenvalue weighted by Crippen LogP contribution is -2.39. The summed E-state index contributed by atoms with van der Waals surface area (Å²) in [6.45, 7) is 10.9. The van der Waals surface area contributed by atoms with Gasteiger partial charge in [0.2, 0.25) is 0 Å². The van der Waals surface area contributed by atoms with Gasteiger partial charge in [-0.15, -0.1) is 0 Å². The van der Waals surface area contributed by atoms with Gasteiger partial charge in [-0.3, -0.25) is 0 Å². The number of allylic oxidation sites excluding steroid dienone is 1. The number of hydrogen-bond donors (Lipinski definition) is 0. The van der Waals surface area contributed by atoms with Crippen molar-refractivity contribution < 1.29 is 28.2 Å². The summed E-state index contributed by atoms with van der Waals surface area (Å²) in [7, 11) is 1.50. The van der Waals surface area contributed by atoms with Gasteiger partial charge in [-0.1, -0.05) is 6.08 Å². The van der Waals surface area contributed by atoms with Gasteiger partial charge in [-0.05, 0) is 53.7 Å². The highest BCUT2D eigenvalue weighted by atomic mass is 16.8. The molecule has 0 amide bonds. The van der Waals surface area contributed by atoms with Crippen molar-refractivity contribution in [3.05, 3.63) is 51.9 Å². The molecule has 1 saturated heterocycles. The molecule has 0 unspecified atom stereocenters. The maximum absolute atomic E-state index is 12.7. The number of carbonyl (C=O) groups excluding carboxylic acids is 1. The van der Waals surface area contributed by atoms with Crippen LogP contribution < -0.4 is 10.4 Å². The first-order valence-corrected chi connectivity index (χ1v) is 9.81. The molecule has 2 heterocycles. The van der Waals surface area contributed by atoms with E-state index in [1.54, 1.807) is 38.1 Å². The van der Waals surface area contributed by atoms with Crippen molar-refractivity contribution in [2.24, 2.45) is 0 Å². The molecular formula is C23H28O7. The zero-order chi connectivity index (χ0) is 22.3. The Bertz CT molecular complexity index is 1050. The molecule has 7 heteroatoms. The van der Waals surface area contributed by atoms with Crippen LogP contribution in [-0.2, 0) is 19.0 Å². The van der Waals surface area contributed by atoms with E-state index in [-0.39, 0.29) is 0 Å². The zero-order valence-corrected chi connectivity index (χ0v) is 18.4. The van der Waals surface area contributed by atoms with Gasteiger partial charge in [0.25, 0.3) is 0 Å². The second-order valence-electron chi connectivity index (χ2n) is 8.33. The third-order valence-corrected chi connectivity index (χ3v) is 5.15. The minimum atomic E-state index is -0.856. The van der Waals surface area contributed by atoms with Crippen LogP contribution in [0.25, 0.3) is 11.0 Å². The third-order valence-electron chi connectivity index (χ3n) is 5.15. The minimum absolute atomic E-state index is 0.376. The van der Waals surface area contributed by atoms with E-state index in [0.717, 1.165) is 0 Å². The van der Waals surface area contributed by atoms with Crippen molar-refractivity contribution in [2.45, 2.75) is 65.1 Å². The molecule has 1 aromatic carbocycles. The first-order valence-electron chi connectivity index (χ1n) is 9.81. The lowest BCUT2D eigenvalue weighted by Gasteiger charge is -2.31. The second-order valence-corrected chi connectivity index (χ2v) is 8.33. The molecule has 1 aliphatic rings. The van der Waals surface area contributed by atoms with Gasteiger partial charge < -0.3 is 23.4 Å². The van der Waals surface area contributed by atoms with Crippen molar-refractivity contribution in [3.63, 3.8) is 0 Å². The molecule has 2 atom stereocenters. The van der Waals surface area contributed by atoms with Crippen LogP contribution in [0.4, 0.5) is 0 Å². The molecule has 1 aliphatic heterocycles. The number of ether oxygens (including phenoxy) is 4. The van der Waals surface area contributed by atoms with Gasteiger partial charge in [0, 0.05) is 28.7 Å². The number of rotatable bonds is 5. The van der Waals surface area contributed by atoms with Crippen LogP contribution in [0.1, 0.15) is 53.2 Å². The van der Waals surface area contributed by atoms with E-state index in [1.165, 1.54) is 13.2 Å². The normalized spacial score (nSPS) is 21.4. The predicted molar refractivity (Wildman–Crippen MR) is 111 cm³/mol. The summed E-state index contributed by atoms with van der Waals surface area (Å²) >= 11 is 0. The smallest absolute Gasteiger partial charge is 0.336 e. The van der Waals surface area contributed by atoms with Gasteiger partial charge in [-0.25, -0.2) is 9.59 Å². The van der Waals surface area contributed by atoms with Gasteiger partial charge in [0.15, 0.2) is 11.9 Å². The molecule has 0 N–H and O–H groups in total. The van der Waals surface area contributed by atoms with E-state index in [9.17, 15) is 9.59 Å². The standard InChI is InChI=1S/C23H28O7/c1-8-13(2)21(25)28-19(20-22(3,4)30-23(5,6)29-20)15-11-14-9-10-18(24)27-16(14)12-17(15)26-7/h8-12,19-20H,1-7H3/b13-8+/t19-,20-/m1/s1. The Hall–Kier alpha value is -2.64. The number of hydrogen-bond acceptors (Lipinski definition) is 7. The van der Waals surface area contributed by atoms with E-state index < -0.39 is 35.2 Å². The SMILES string of the molecule is C/C=C(\C)C(=O)O[C@H](c1cc2ccc(=O)oc2cc1OC)[C@H]1OC(C)(C)OC1(C)C. The van der Waals surface area contributed by atoms with Crippen LogP contribution in [0.5, 0.6) is 5.75 Å². The highest BCUT2D eigenvalue weighted by molar-refractivity contribution is 5.88. The molecule has 30 heavy (non-hydrogen) atoms. The molecule has 1 aromatic heterocycles. The van der Waals surface area contributed by atoms with Crippen LogP contribution >= 0.6 is 0 Å². The number of esters is 1.